The van der Waals surface area contributed by atoms with Crippen molar-refractivity contribution in [1.82, 2.24) is 10.2 Å². The molecule has 3 aromatic rings. The number of nitrogens with zero attached hydrogens (tertiary/aromatic N) is 2. The van der Waals surface area contributed by atoms with Gasteiger partial charge in [0.1, 0.15) is 0 Å². The topological polar surface area (TPSA) is 76.1 Å². The lowest BCUT2D eigenvalue weighted by Gasteiger charge is -2.07. The van der Waals surface area contributed by atoms with Gasteiger partial charge in [0.2, 0.25) is 5.88 Å². The van der Waals surface area contributed by atoms with Crippen molar-refractivity contribution in [3.05, 3.63) is 53.9 Å². The van der Waals surface area contributed by atoms with E-state index < -0.39 is 0 Å². The van der Waals surface area contributed by atoms with Crippen LogP contribution < -0.4 is 15.4 Å². The molecule has 7 heteroatoms. The van der Waals surface area contributed by atoms with Crippen molar-refractivity contribution < 1.29 is 9.53 Å². The molecule has 0 saturated carbocycles. The number of carbonyl (C=O) groups excluding carboxylic acids is 1. The van der Waals surface area contributed by atoms with E-state index in [2.05, 4.69) is 20.8 Å². The molecule has 0 unspecified atom stereocenters. The third kappa shape index (κ3) is 3.83. The number of thiophene rings is 1. The molecule has 2 heterocycles. The van der Waals surface area contributed by atoms with Crippen LogP contribution in [0.4, 0.5) is 15.5 Å². The van der Waals surface area contributed by atoms with Gasteiger partial charge in [0, 0.05) is 17.3 Å². The summed E-state index contributed by atoms with van der Waals surface area (Å²) in [7, 11) is 1.55. The van der Waals surface area contributed by atoms with E-state index in [4.69, 9.17) is 4.74 Å². The molecule has 3 rings (SSSR count). The van der Waals surface area contributed by atoms with Crippen LogP contribution in [0.5, 0.6) is 5.88 Å². The molecule has 2 N–H and O–H groups in total. The smallest absolute Gasteiger partial charge is 0.324 e. The summed E-state index contributed by atoms with van der Waals surface area (Å²) in [5.41, 5.74) is 2.34. The quantitative estimate of drug-likeness (QED) is 0.763. The van der Waals surface area contributed by atoms with E-state index in [9.17, 15) is 4.79 Å². The molecular formula is C16H14N4O2S. The van der Waals surface area contributed by atoms with Crippen LogP contribution in [0, 0.1) is 0 Å². The van der Waals surface area contributed by atoms with E-state index in [1.165, 1.54) is 11.3 Å². The van der Waals surface area contributed by atoms with Crippen LogP contribution in [-0.4, -0.2) is 23.3 Å². The van der Waals surface area contributed by atoms with Crippen molar-refractivity contribution in [3.8, 4) is 17.1 Å². The maximum absolute atomic E-state index is 11.9. The average molecular weight is 326 g/mol. The molecule has 0 saturated heterocycles. The van der Waals surface area contributed by atoms with Crippen LogP contribution in [0.3, 0.4) is 0 Å². The molecule has 0 aliphatic heterocycles. The van der Waals surface area contributed by atoms with Gasteiger partial charge in [-0.2, -0.15) is 0 Å². The Hall–Kier alpha value is -2.93. The number of hydrogen-bond acceptors (Lipinski definition) is 5. The van der Waals surface area contributed by atoms with Crippen molar-refractivity contribution in [1.29, 1.82) is 0 Å². The Morgan fingerprint density at radius 2 is 1.87 bits per heavy atom. The summed E-state index contributed by atoms with van der Waals surface area (Å²) < 4.78 is 4.98. The van der Waals surface area contributed by atoms with Gasteiger partial charge in [-0.15, -0.1) is 21.5 Å². The first-order valence-electron chi connectivity index (χ1n) is 6.84. The monoisotopic (exact) mass is 326 g/mol. The molecule has 0 radical (unpaired) electrons. The van der Waals surface area contributed by atoms with Gasteiger partial charge in [-0.1, -0.05) is 12.1 Å². The molecule has 6 nitrogen and oxygen atoms in total. The molecule has 0 aliphatic carbocycles. The third-order valence-electron chi connectivity index (χ3n) is 3.05. The lowest BCUT2D eigenvalue weighted by atomic mass is 10.1. The summed E-state index contributed by atoms with van der Waals surface area (Å²) in [6.07, 6.45) is 0. The summed E-state index contributed by atoms with van der Waals surface area (Å²) in [5, 5.41) is 16.3. The first kappa shape index (κ1) is 15.0. The van der Waals surface area contributed by atoms with E-state index in [0.717, 1.165) is 16.3 Å². The highest BCUT2D eigenvalue weighted by Crippen LogP contribution is 2.21. The summed E-state index contributed by atoms with van der Waals surface area (Å²) in [6, 6.07) is 14.4. The fraction of sp³-hybridized carbons (Fsp3) is 0.0625. The van der Waals surface area contributed by atoms with Gasteiger partial charge in [-0.3, -0.25) is 5.32 Å². The Balaban J connectivity index is 1.65. The SMILES string of the molecule is COc1ccc(-c2ccc(NC(=O)Nc3cccs3)cc2)nn1. The largest absolute Gasteiger partial charge is 0.480 e. The Kier molecular flexibility index (Phi) is 4.49. The van der Waals surface area contributed by atoms with Crippen molar-refractivity contribution in [3.63, 3.8) is 0 Å². The van der Waals surface area contributed by atoms with Crippen molar-refractivity contribution in [2.24, 2.45) is 0 Å². The number of nitrogens with one attached hydrogen (secondary N) is 2. The van der Waals surface area contributed by atoms with Gasteiger partial charge in [0.25, 0.3) is 0 Å². The highest BCUT2D eigenvalue weighted by atomic mass is 32.1. The molecule has 0 atom stereocenters. The minimum absolute atomic E-state index is 0.274. The van der Waals surface area contributed by atoms with Gasteiger partial charge in [0.05, 0.1) is 17.8 Å². The number of aromatic nitrogens is 2. The molecule has 0 fully saturated rings. The van der Waals surface area contributed by atoms with Crippen molar-refractivity contribution in [2.45, 2.75) is 0 Å². The second kappa shape index (κ2) is 6.89. The summed E-state index contributed by atoms with van der Waals surface area (Å²) >= 11 is 1.47. The van der Waals surface area contributed by atoms with Gasteiger partial charge < -0.3 is 10.1 Å². The maximum Gasteiger partial charge on any atom is 0.324 e. The standard InChI is InChI=1S/C16H14N4O2S/c1-22-14-9-8-13(19-20-14)11-4-6-12(7-5-11)17-16(21)18-15-3-2-10-23-15/h2-10H,1H3,(H2,17,18,21). The zero-order chi connectivity index (χ0) is 16.1. The molecule has 23 heavy (non-hydrogen) atoms. The van der Waals surface area contributed by atoms with Crippen LogP contribution in [0.15, 0.2) is 53.9 Å². The number of hydrogen-bond donors (Lipinski definition) is 2. The number of anilines is 2. The molecule has 2 aromatic heterocycles. The second-order valence-corrected chi connectivity index (χ2v) is 5.54. The minimum Gasteiger partial charge on any atom is -0.480 e. The Morgan fingerprint density at radius 3 is 2.48 bits per heavy atom. The van der Waals surface area contributed by atoms with Crippen LogP contribution >= 0.6 is 11.3 Å². The highest BCUT2D eigenvalue weighted by Gasteiger charge is 2.05. The second-order valence-electron chi connectivity index (χ2n) is 4.59. The predicted molar refractivity (Wildman–Crippen MR) is 91.0 cm³/mol. The van der Waals surface area contributed by atoms with E-state index >= 15 is 0 Å². The maximum atomic E-state index is 11.9. The van der Waals surface area contributed by atoms with Gasteiger partial charge >= 0.3 is 6.03 Å². The van der Waals surface area contributed by atoms with Crippen LogP contribution in [0.2, 0.25) is 0 Å². The van der Waals surface area contributed by atoms with E-state index in [1.54, 1.807) is 13.2 Å². The lowest BCUT2D eigenvalue weighted by molar-refractivity contribution is 0.262. The fourth-order valence-electron chi connectivity index (χ4n) is 1.93. The van der Waals surface area contributed by atoms with Gasteiger partial charge in [0.15, 0.2) is 0 Å². The number of rotatable bonds is 4. The normalized spacial score (nSPS) is 10.1. The number of methoxy groups -OCH3 is 1. The molecule has 0 spiro atoms. The number of ether oxygens (including phenoxy) is 1. The Bertz CT molecular complexity index is 771. The van der Waals surface area contributed by atoms with Crippen molar-refractivity contribution >= 4 is 28.1 Å². The van der Waals surface area contributed by atoms with Crippen LogP contribution in [0.25, 0.3) is 11.3 Å². The Morgan fingerprint density at radius 1 is 1.04 bits per heavy atom. The van der Waals surface area contributed by atoms with Crippen LogP contribution in [-0.2, 0) is 0 Å². The summed E-state index contributed by atoms with van der Waals surface area (Å²) in [6.45, 7) is 0. The number of urea groups is 1. The predicted octanol–water partition coefficient (Wildman–Crippen LogP) is 3.86. The first-order chi connectivity index (χ1) is 11.2. The molecule has 0 aliphatic rings. The molecule has 116 valence electrons. The lowest BCUT2D eigenvalue weighted by Crippen LogP contribution is -2.18. The average Bonchev–Trinajstić information content (AvgIpc) is 3.08. The molecule has 1 aromatic carbocycles. The van der Waals surface area contributed by atoms with E-state index in [0.29, 0.717) is 11.6 Å². The van der Waals surface area contributed by atoms with Crippen LogP contribution in [0.1, 0.15) is 0 Å². The Labute approximate surface area is 137 Å². The summed E-state index contributed by atoms with van der Waals surface area (Å²) in [5.74, 6) is 0.470. The third-order valence-corrected chi connectivity index (χ3v) is 3.83. The van der Waals surface area contributed by atoms with E-state index in [1.807, 2.05) is 47.8 Å². The van der Waals surface area contributed by atoms with E-state index in [-0.39, 0.29) is 6.03 Å². The molecule has 0 bridgehead atoms. The number of carbonyl (C=O) groups is 1. The minimum atomic E-state index is -0.274. The van der Waals surface area contributed by atoms with Crippen molar-refractivity contribution in [2.75, 3.05) is 17.7 Å². The first-order valence-corrected chi connectivity index (χ1v) is 7.72. The highest BCUT2D eigenvalue weighted by molar-refractivity contribution is 7.14. The number of amides is 2. The summed E-state index contributed by atoms with van der Waals surface area (Å²) in [4.78, 5) is 11.9. The molecular weight excluding hydrogens is 312 g/mol. The fourth-order valence-corrected chi connectivity index (χ4v) is 2.54. The zero-order valence-corrected chi connectivity index (χ0v) is 13.1. The zero-order valence-electron chi connectivity index (χ0n) is 12.3. The number of benzene rings is 1. The van der Waals surface area contributed by atoms with Gasteiger partial charge in [-0.25, -0.2) is 4.79 Å². The van der Waals surface area contributed by atoms with Gasteiger partial charge in [-0.05, 0) is 35.7 Å². The molecule has 2 amide bonds.